The molecule has 4 nitrogen and oxygen atoms in total. The van der Waals surface area contributed by atoms with Gasteiger partial charge in [0, 0.05) is 12.6 Å². The normalized spacial score (nSPS) is 22.8. The van der Waals surface area contributed by atoms with Crippen molar-refractivity contribution in [1.29, 1.82) is 0 Å². The molecule has 1 N–H and O–H groups in total. The number of fused-ring (bicyclic) bond motifs is 1. The van der Waals surface area contributed by atoms with Gasteiger partial charge in [0.15, 0.2) is 5.82 Å². The highest BCUT2D eigenvalue weighted by Crippen LogP contribution is 2.37. The van der Waals surface area contributed by atoms with E-state index in [2.05, 4.69) is 44.3 Å². The molecule has 1 aromatic carbocycles. The summed E-state index contributed by atoms with van der Waals surface area (Å²) >= 11 is 0. The van der Waals surface area contributed by atoms with Crippen molar-refractivity contribution in [1.82, 2.24) is 20.1 Å². The Labute approximate surface area is 106 Å². The Morgan fingerprint density at radius 2 is 2.00 bits per heavy atom. The Hall–Kier alpha value is -1.68. The van der Waals surface area contributed by atoms with Crippen LogP contribution in [-0.2, 0) is 13.0 Å². The summed E-state index contributed by atoms with van der Waals surface area (Å²) in [5, 5.41) is 12.0. The van der Waals surface area contributed by atoms with Crippen molar-refractivity contribution in [2.45, 2.75) is 37.9 Å². The second-order valence-corrected chi connectivity index (χ2v) is 5.23. The first-order valence-electron chi connectivity index (χ1n) is 6.61. The van der Waals surface area contributed by atoms with Crippen molar-refractivity contribution in [3.8, 4) is 0 Å². The van der Waals surface area contributed by atoms with E-state index in [9.17, 15) is 0 Å². The lowest BCUT2D eigenvalue weighted by Gasteiger charge is -2.25. The SMILES string of the molecule is c1ccc2c(c1)CNC(c1nncn1C1CC1)C2. The molecule has 1 aliphatic carbocycles. The van der Waals surface area contributed by atoms with Crippen LogP contribution in [0.5, 0.6) is 0 Å². The molecule has 0 bridgehead atoms. The Kier molecular flexibility index (Phi) is 2.23. The average Bonchev–Trinajstić information content (AvgIpc) is 3.16. The molecule has 2 heterocycles. The summed E-state index contributed by atoms with van der Waals surface area (Å²) in [6.45, 7) is 0.929. The van der Waals surface area contributed by atoms with Gasteiger partial charge in [-0.25, -0.2) is 0 Å². The number of hydrogen-bond donors (Lipinski definition) is 1. The van der Waals surface area contributed by atoms with Crippen LogP contribution in [-0.4, -0.2) is 14.8 Å². The summed E-state index contributed by atoms with van der Waals surface area (Å²) in [6, 6.07) is 9.60. The van der Waals surface area contributed by atoms with Crippen molar-refractivity contribution in [3.63, 3.8) is 0 Å². The van der Waals surface area contributed by atoms with Gasteiger partial charge in [-0.05, 0) is 30.4 Å². The van der Waals surface area contributed by atoms with Crippen LogP contribution in [0.4, 0.5) is 0 Å². The zero-order chi connectivity index (χ0) is 11.9. The van der Waals surface area contributed by atoms with Crippen molar-refractivity contribution in [2.75, 3.05) is 0 Å². The third-order valence-corrected chi connectivity index (χ3v) is 3.93. The van der Waals surface area contributed by atoms with Gasteiger partial charge in [0.2, 0.25) is 0 Å². The van der Waals surface area contributed by atoms with Crippen molar-refractivity contribution >= 4 is 0 Å². The van der Waals surface area contributed by atoms with Crippen LogP contribution in [0.15, 0.2) is 30.6 Å². The molecule has 1 aromatic heterocycles. The third-order valence-electron chi connectivity index (χ3n) is 3.93. The van der Waals surface area contributed by atoms with Gasteiger partial charge < -0.3 is 9.88 Å². The predicted octanol–water partition coefficient (Wildman–Crippen LogP) is 2.00. The Morgan fingerprint density at radius 3 is 2.83 bits per heavy atom. The van der Waals surface area contributed by atoms with Crippen LogP contribution in [0.3, 0.4) is 0 Å². The van der Waals surface area contributed by atoms with Gasteiger partial charge in [-0.3, -0.25) is 0 Å². The molecule has 4 rings (SSSR count). The van der Waals surface area contributed by atoms with Crippen LogP contribution in [0.1, 0.15) is 41.9 Å². The quantitative estimate of drug-likeness (QED) is 0.873. The molecule has 92 valence electrons. The Morgan fingerprint density at radius 1 is 1.17 bits per heavy atom. The van der Waals surface area contributed by atoms with E-state index in [1.54, 1.807) is 0 Å². The highest BCUT2D eigenvalue weighted by atomic mass is 15.3. The second kappa shape index (κ2) is 3.92. The molecule has 2 aliphatic rings. The average molecular weight is 240 g/mol. The molecular formula is C14H16N4. The fourth-order valence-electron chi connectivity index (χ4n) is 2.77. The summed E-state index contributed by atoms with van der Waals surface area (Å²) in [5.41, 5.74) is 2.85. The van der Waals surface area contributed by atoms with Gasteiger partial charge >= 0.3 is 0 Å². The van der Waals surface area contributed by atoms with Crippen molar-refractivity contribution in [3.05, 3.63) is 47.5 Å². The monoisotopic (exact) mass is 240 g/mol. The summed E-state index contributed by atoms with van der Waals surface area (Å²) in [7, 11) is 0. The first-order valence-corrected chi connectivity index (χ1v) is 6.61. The minimum absolute atomic E-state index is 0.308. The lowest BCUT2D eigenvalue weighted by Crippen LogP contribution is -2.30. The van der Waals surface area contributed by atoms with Gasteiger partial charge in [-0.2, -0.15) is 0 Å². The number of benzene rings is 1. The van der Waals surface area contributed by atoms with Gasteiger partial charge in [0.25, 0.3) is 0 Å². The van der Waals surface area contributed by atoms with E-state index >= 15 is 0 Å². The van der Waals surface area contributed by atoms with Crippen LogP contribution in [0, 0.1) is 0 Å². The summed E-state index contributed by atoms with van der Waals surface area (Å²) in [6.07, 6.45) is 5.44. The molecular weight excluding hydrogens is 224 g/mol. The van der Waals surface area contributed by atoms with Gasteiger partial charge in [0.05, 0.1) is 6.04 Å². The van der Waals surface area contributed by atoms with Crippen LogP contribution in [0.25, 0.3) is 0 Å². The smallest absolute Gasteiger partial charge is 0.150 e. The number of hydrogen-bond acceptors (Lipinski definition) is 3. The molecule has 1 fully saturated rings. The minimum atomic E-state index is 0.308. The highest BCUT2D eigenvalue weighted by Gasteiger charge is 2.30. The molecule has 18 heavy (non-hydrogen) atoms. The topological polar surface area (TPSA) is 42.7 Å². The van der Waals surface area contributed by atoms with Gasteiger partial charge in [-0.15, -0.1) is 10.2 Å². The zero-order valence-corrected chi connectivity index (χ0v) is 10.2. The van der Waals surface area contributed by atoms with E-state index in [1.165, 1.54) is 24.0 Å². The number of rotatable bonds is 2. The molecule has 1 unspecified atom stereocenters. The molecule has 1 saturated carbocycles. The first-order chi connectivity index (χ1) is 8.92. The Balaban J connectivity index is 1.65. The lowest BCUT2D eigenvalue weighted by atomic mass is 9.95. The molecule has 0 radical (unpaired) electrons. The van der Waals surface area contributed by atoms with Crippen LogP contribution < -0.4 is 5.32 Å². The number of aromatic nitrogens is 3. The van der Waals surface area contributed by atoms with E-state index < -0.39 is 0 Å². The largest absolute Gasteiger partial charge is 0.313 e. The van der Waals surface area contributed by atoms with Gasteiger partial charge in [-0.1, -0.05) is 24.3 Å². The summed E-state index contributed by atoms with van der Waals surface area (Å²) < 4.78 is 2.26. The fourth-order valence-corrected chi connectivity index (χ4v) is 2.77. The van der Waals surface area contributed by atoms with Crippen molar-refractivity contribution in [2.24, 2.45) is 0 Å². The maximum Gasteiger partial charge on any atom is 0.150 e. The van der Waals surface area contributed by atoms with E-state index in [4.69, 9.17) is 0 Å². The molecule has 0 spiro atoms. The second-order valence-electron chi connectivity index (χ2n) is 5.23. The standard InChI is InChI=1S/C14H16N4/c1-2-4-11-8-15-13(7-10(11)3-1)14-17-16-9-18(14)12-5-6-12/h1-4,9,12-13,15H,5-8H2. The maximum atomic E-state index is 4.32. The molecule has 4 heteroatoms. The fraction of sp³-hybridized carbons (Fsp3) is 0.429. The van der Waals surface area contributed by atoms with Crippen LogP contribution in [0.2, 0.25) is 0 Å². The number of nitrogens with zero attached hydrogens (tertiary/aromatic N) is 3. The predicted molar refractivity (Wildman–Crippen MR) is 68.0 cm³/mol. The summed E-state index contributed by atoms with van der Waals surface area (Å²) in [4.78, 5) is 0. The van der Waals surface area contributed by atoms with Crippen molar-refractivity contribution < 1.29 is 0 Å². The third kappa shape index (κ3) is 1.64. The molecule has 1 atom stereocenters. The highest BCUT2D eigenvalue weighted by molar-refractivity contribution is 5.30. The van der Waals surface area contributed by atoms with E-state index in [0.29, 0.717) is 12.1 Å². The molecule has 0 amide bonds. The first kappa shape index (κ1) is 10.3. The summed E-state index contributed by atoms with van der Waals surface area (Å²) in [5.74, 6) is 1.10. The lowest BCUT2D eigenvalue weighted by molar-refractivity contribution is 0.454. The Bertz CT molecular complexity index is 571. The van der Waals surface area contributed by atoms with Crippen LogP contribution >= 0.6 is 0 Å². The van der Waals surface area contributed by atoms with E-state index in [1.807, 2.05) is 6.33 Å². The molecule has 2 aromatic rings. The molecule has 1 aliphatic heterocycles. The van der Waals surface area contributed by atoms with E-state index in [-0.39, 0.29) is 0 Å². The zero-order valence-electron chi connectivity index (χ0n) is 10.2. The van der Waals surface area contributed by atoms with E-state index in [0.717, 1.165) is 18.8 Å². The minimum Gasteiger partial charge on any atom is -0.313 e. The maximum absolute atomic E-state index is 4.32. The molecule has 0 saturated heterocycles. The number of nitrogens with one attached hydrogen (secondary N) is 1. The van der Waals surface area contributed by atoms with Gasteiger partial charge in [0.1, 0.15) is 6.33 Å².